The van der Waals surface area contributed by atoms with E-state index >= 15 is 0 Å². The van der Waals surface area contributed by atoms with Crippen LogP contribution in [0.4, 0.5) is 0 Å². The topological polar surface area (TPSA) is 87.2 Å². The summed E-state index contributed by atoms with van der Waals surface area (Å²) < 4.78 is 6.30. The van der Waals surface area contributed by atoms with E-state index in [1.807, 2.05) is 31.2 Å². The van der Waals surface area contributed by atoms with Crippen molar-refractivity contribution in [3.63, 3.8) is 0 Å². The van der Waals surface area contributed by atoms with Gasteiger partial charge in [-0.2, -0.15) is 5.10 Å². The fraction of sp³-hybridized carbons (Fsp3) is 0.267. The molecule has 7 heteroatoms. The van der Waals surface area contributed by atoms with Gasteiger partial charge in [0.15, 0.2) is 6.61 Å². The molecule has 0 atom stereocenters. The Hall–Kier alpha value is -2.34. The first-order valence-electron chi connectivity index (χ1n) is 6.62. The Balaban J connectivity index is 2.21. The zero-order chi connectivity index (χ0) is 16.3. The van der Waals surface area contributed by atoms with Crippen LogP contribution in [0.15, 0.2) is 24.3 Å². The molecule has 6 nitrogen and oxygen atoms in total. The fourth-order valence-corrected chi connectivity index (χ4v) is 2.28. The number of hydrogen-bond acceptors (Lipinski definition) is 4. The predicted octanol–water partition coefficient (Wildman–Crippen LogP) is 1.84. The van der Waals surface area contributed by atoms with Crippen LogP contribution in [0.3, 0.4) is 0 Å². The van der Waals surface area contributed by atoms with Crippen molar-refractivity contribution in [2.75, 3.05) is 6.61 Å². The highest BCUT2D eigenvalue weighted by Crippen LogP contribution is 2.22. The van der Waals surface area contributed by atoms with E-state index in [-0.39, 0.29) is 10.7 Å². The first-order valence-corrected chi connectivity index (χ1v) is 7.00. The summed E-state index contributed by atoms with van der Waals surface area (Å²) in [4.78, 5) is 22.6. The minimum atomic E-state index is -0.728. The number of rotatable bonds is 5. The Kier molecular flexibility index (Phi) is 4.82. The predicted molar refractivity (Wildman–Crippen MR) is 81.7 cm³/mol. The molecule has 0 spiro atoms. The molecule has 0 saturated carbocycles. The number of carbonyl (C=O) groups excluding carboxylic acids is 2. The molecule has 1 aromatic heterocycles. The molecule has 22 heavy (non-hydrogen) atoms. The van der Waals surface area contributed by atoms with Gasteiger partial charge >= 0.3 is 5.97 Å². The number of ether oxygens (including phenoxy) is 1. The van der Waals surface area contributed by atoms with Crippen LogP contribution in [0.2, 0.25) is 5.15 Å². The number of nitrogens with zero attached hydrogens (tertiary/aromatic N) is 2. The second kappa shape index (κ2) is 6.62. The smallest absolute Gasteiger partial charge is 0.343 e. The second-order valence-electron chi connectivity index (χ2n) is 4.94. The lowest BCUT2D eigenvalue weighted by molar-refractivity contribution is -0.121. The summed E-state index contributed by atoms with van der Waals surface area (Å²) >= 11 is 6.20. The second-order valence-corrected chi connectivity index (χ2v) is 5.29. The molecule has 0 aliphatic carbocycles. The molecule has 0 aliphatic rings. The average molecular weight is 322 g/mol. The highest BCUT2D eigenvalue weighted by Gasteiger charge is 2.22. The number of hydrogen-bond donors (Lipinski definition) is 1. The molecule has 1 amide bonds. The van der Waals surface area contributed by atoms with Crippen molar-refractivity contribution in [2.45, 2.75) is 20.4 Å². The number of aromatic nitrogens is 2. The largest absolute Gasteiger partial charge is 0.452 e. The van der Waals surface area contributed by atoms with E-state index in [1.54, 1.807) is 6.92 Å². The van der Waals surface area contributed by atoms with Gasteiger partial charge in [0, 0.05) is 0 Å². The lowest BCUT2D eigenvalue weighted by atomic mass is 10.1. The van der Waals surface area contributed by atoms with E-state index in [1.165, 1.54) is 4.68 Å². The van der Waals surface area contributed by atoms with Gasteiger partial charge in [-0.3, -0.25) is 4.79 Å². The summed E-state index contributed by atoms with van der Waals surface area (Å²) in [6.45, 7) is 3.60. The third-order valence-corrected chi connectivity index (χ3v) is 3.45. The number of aryl methyl sites for hydroxylation is 2. The summed E-state index contributed by atoms with van der Waals surface area (Å²) in [6, 6.07) is 7.91. The summed E-state index contributed by atoms with van der Waals surface area (Å²) in [5.74, 6) is -1.44. The van der Waals surface area contributed by atoms with Gasteiger partial charge in [-0.1, -0.05) is 41.4 Å². The van der Waals surface area contributed by atoms with E-state index < -0.39 is 18.5 Å². The molecular formula is C15H16ClN3O3. The van der Waals surface area contributed by atoms with Crippen LogP contribution in [0.1, 0.15) is 27.2 Å². The van der Waals surface area contributed by atoms with E-state index in [9.17, 15) is 9.59 Å². The van der Waals surface area contributed by atoms with Crippen molar-refractivity contribution in [3.05, 3.63) is 51.8 Å². The van der Waals surface area contributed by atoms with Crippen molar-refractivity contribution in [2.24, 2.45) is 5.73 Å². The number of nitrogens with two attached hydrogens (primary N) is 1. The van der Waals surface area contributed by atoms with Gasteiger partial charge in [0.1, 0.15) is 10.7 Å². The maximum absolute atomic E-state index is 11.9. The van der Waals surface area contributed by atoms with E-state index in [0.29, 0.717) is 12.2 Å². The van der Waals surface area contributed by atoms with E-state index in [4.69, 9.17) is 22.1 Å². The van der Waals surface area contributed by atoms with E-state index in [0.717, 1.165) is 11.1 Å². The summed E-state index contributed by atoms with van der Waals surface area (Å²) in [6.07, 6.45) is 0. The van der Waals surface area contributed by atoms with Gasteiger partial charge in [0.25, 0.3) is 5.91 Å². The summed E-state index contributed by atoms with van der Waals surface area (Å²) in [5.41, 5.74) is 7.69. The summed E-state index contributed by atoms with van der Waals surface area (Å²) in [7, 11) is 0. The van der Waals surface area contributed by atoms with Crippen LogP contribution < -0.4 is 5.73 Å². The molecule has 0 aliphatic heterocycles. The van der Waals surface area contributed by atoms with E-state index in [2.05, 4.69) is 5.10 Å². The molecule has 2 rings (SSSR count). The van der Waals surface area contributed by atoms with Crippen LogP contribution in [0, 0.1) is 13.8 Å². The van der Waals surface area contributed by atoms with Gasteiger partial charge in [0.2, 0.25) is 0 Å². The van der Waals surface area contributed by atoms with Crippen molar-refractivity contribution >= 4 is 23.5 Å². The quantitative estimate of drug-likeness (QED) is 0.851. The normalized spacial score (nSPS) is 10.5. The third-order valence-electron chi connectivity index (χ3n) is 3.07. The van der Waals surface area contributed by atoms with Crippen LogP contribution in [0.5, 0.6) is 0 Å². The molecule has 0 saturated heterocycles. The number of benzene rings is 1. The van der Waals surface area contributed by atoms with Crippen LogP contribution in [-0.2, 0) is 16.1 Å². The molecule has 116 valence electrons. The third kappa shape index (κ3) is 3.65. The molecule has 0 radical (unpaired) electrons. The molecule has 1 heterocycles. The molecule has 0 fully saturated rings. The molecule has 2 aromatic rings. The maximum atomic E-state index is 11.9. The van der Waals surface area contributed by atoms with Crippen LogP contribution >= 0.6 is 11.6 Å². The monoisotopic (exact) mass is 321 g/mol. The van der Waals surface area contributed by atoms with Gasteiger partial charge < -0.3 is 10.5 Å². The Bertz CT molecular complexity index is 708. The van der Waals surface area contributed by atoms with Gasteiger partial charge in [0.05, 0.1) is 12.2 Å². The first-order chi connectivity index (χ1) is 10.4. The average Bonchev–Trinajstić information content (AvgIpc) is 2.73. The Morgan fingerprint density at radius 2 is 1.91 bits per heavy atom. The number of primary amides is 1. The Morgan fingerprint density at radius 3 is 2.50 bits per heavy atom. The SMILES string of the molecule is Cc1ccc(Cn2nc(C)c(C(=O)OCC(N)=O)c2Cl)cc1. The molecule has 1 aromatic carbocycles. The number of esters is 1. The molecule has 2 N–H and O–H groups in total. The van der Waals surface area contributed by atoms with Gasteiger partial charge in [-0.25, -0.2) is 9.48 Å². The zero-order valence-corrected chi connectivity index (χ0v) is 13.1. The molecule has 0 unspecified atom stereocenters. The van der Waals surface area contributed by atoms with Crippen molar-refractivity contribution in [1.82, 2.24) is 9.78 Å². The first kappa shape index (κ1) is 16.0. The van der Waals surface area contributed by atoms with Crippen LogP contribution in [-0.4, -0.2) is 28.3 Å². The highest BCUT2D eigenvalue weighted by molar-refractivity contribution is 6.32. The van der Waals surface area contributed by atoms with Gasteiger partial charge in [-0.05, 0) is 19.4 Å². The Labute approximate surface area is 132 Å². The lowest BCUT2D eigenvalue weighted by Gasteiger charge is -2.05. The fourth-order valence-electron chi connectivity index (χ4n) is 1.97. The molecular weight excluding hydrogens is 306 g/mol. The number of amides is 1. The summed E-state index contributed by atoms with van der Waals surface area (Å²) in [5, 5.41) is 4.42. The van der Waals surface area contributed by atoms with Gasteiger partial charge in [-0.15, -0.1) is 0 Å². The number of halogens is 1. The zero-order valence-electron chi connectivity index (χ0n) is 12.3. The molecule has 0 bridgehead atoms. The van der Waals surface area contributed by atoms with Crippen molar-refractivity contribution in [3.8, 4) is 0 Å². The standard InChI is InChI=1S/C15H16ClN3O3/c1-9-3-5-11(6-4-9)7-19-14(16)13(10(2)18-19)15(21)22-8-12(17)20/h3-6H,7-8H2,1-2H3,(H2,17,20). The van der Waals surface area contributed by atoms with Crippen molar-refractivity contribution < 1.29 is 14.3 Å². The minimum absolute atomic E-state index is 0.148. The van der Waals surface area contributed by atoms with Crippen LogP contribution in [0.25, 0.3) is 0 Å². The minimum Gasteiger partial charge on any atom is -0.452 e. The highest BCUT2D eigenvalue weighted by atomic mass is 35.5. The maximum Gasteiger partial charge on any atom is 0.343 e. The van der Waals surface area contributed by atoms with Crippen molar-refractivity contribution in [1.29, 1.82) is 0 Å². The Morgan fingerprint density at radius 1 is 1.27 bits per heavy atom. The number of carbonyl (C=O) groups is 2. The lowest BCUT2D eigenvalue weighted by Crippen LogP contribution is -2.21.